The van der Waals surface area contributed by atoms with Gasteiger partial charge in [0.1, 0.15) is 5.75 Å². The number of nitrogens with zero attached hydrogens (tertiary/aromatic N) is 2. The molecule has 0 aliphatic heterocycles. The van der Waals surface area contributed by atoms with Crippen LogP contribution in [0.3, 0.4) is 0 Å². The summed E-state index contributed by atoms with van der Waals surface area (Å²) in [5, 5.41) is 15.0. The van der Waals surface area contributed by atoms with Crippen molar-refractivity contribution in [3.8, 4) is 5.75 Å². The van der Waals surface area contributed by atoms with Gasteiger partial charge >= 0.3 is 0 Å². The number of imidazole rings is 1. The fourth-order valence-electron chi connectivity index (χ4n) is 1.96. The highest BCUT2D eigenvalue weighted by molar-refractivity contribution is 7.15. The molecule has 0 fully saturated rings. The summed E-state index contributed by atoms with van der Waals surface area (Å²) in [7, 11) is 0. The van der Waals surface area contributed by atoms with Crippen molar-refractivity contribution in [2.75, 3.05) is 5.32 Å². The molecule has 2 N–H and O–H groups in total. The van der Waals surface area contributed by atoms with Gasteiger partial charge in [0.05, 0.1) is 23.0 Å². The Hall–Kier alpha value is -1.72. The zero-order valence-corrected chi connectivity index (χ0v) is 11.8. The van der Waals surface area contributed by atoms with E-state index in [1.807, 2.05) is 18.5 Å². The number of rotatable bonds is 3. The molecule has 0 aliphatic rings. The molecular weight excluding hydrogens is 282 g/mol. The Bertz CT molecular complexity index is 735. The number of hydrogen-bond acceptors (Lipinski definition) is 4. The van der Waals surface area contributed by atoms with E-state index in [0.29, 0.717) is 11.6 Å². The molecule has 3 aromatic rings. The molecule has 0 saturated heterocycles. The van der Waals surface area contributed by atoms with Crippen molar-refractivity contribution in [2.24, 2.45) is 0 Å². The molecule has 0 amide bonds. The third-order valence-electron chi connectivity index (χ3n) is 2.97. The Balaban J connectivity index is 1.83. The first-order chi connectivity index (χ1) is 9.15. The second-order valence-electron chi connectivity index (χ2n) is 4.22. The van der Waals surface area contributed by atoms with E-state index in [2.05, 4.69) is 14.7 Å². The summed E-state index contributed by atoms with van der Waals surface area (Å²) in [4.78, 5) is 5.49. The first-order valence-electron chi connectivity index (χ1n) is 5.78. The van der Waals surface area contributed by atoms with Crippen molar-refractivity contribution < 1.29 is 5.11 Å². The first kappa shape index (κ1) is 12.3. The molecule has 2 aromatic heterocycles. The number of thiazole rings is 1. The molecule has 0 saturated carbocycles. The first-order valence-corrected chi connectivity index (χ1v) is 7.04. The van der Waals surface area contributed by atoms with Gasteiger partial charge in [0, 0.05) is 17.3 Å². The van der Waals surface area contributed by atoms with Crippen LogP contribution in [0.4, 0.5) is 5.69 Å². The Morgan fingerprint density at radius 2 is 2.32 bits per heavy atom. The summed E-state index contributed by atoms with van der Waals surface area (Å²) in [5.41, 5.74) is 3.01. The minimum Gasteiger partial charge on any atom is -0.506 e. The Morgan fingerprint density at radius 3 is 3.11 bits per heavy atom. The van der Waals surface area contributed by atoms with E-state index in [0.717, 1.165) is 22.0 Å². The van der Waals surface area contributed by atoms with Crippen molar-refractivity contribution in [3.63, 3.8) is 0 Å². The lowest BCUT2D eigenvalue weighted by atomic mass is 10.3. The number of phenolic OH excluding ortho intramolecular Hbond substituents is 1. The van der Waals surface area contributed by atoms with E-state index in [1.165, 1.54) is 0 Å². The molecule has 19 heavy (non-hydrogen) atoms. The normalized spacial score (nSPS) is 11.1. The van der Waals surface area contributed by atoms with Crippen molar-refractivity contribution in [2.45, 2.75) is 13.5 Å². The third-order valence-corrected chi connectivity index (χ3v) is 4.03. The zero-order chi connectivity index (χ0) is 13.4. The summed E-state index contributed by atoms with van der Waals surface area (Å²) in [5.74, 6) is 0.0907. The molecule has 0 radical (unpaired) electrons. The Morgan fingerprint density at radius 1 is 1.47 bits per heavy atom. The topological polar surface area (TPSA) is 49.6 Å². The molecular formula is C13H12ClN3OS. The average Bonchev–Trinajstić information content (AvgIpc) is 2.92. The van der Waals surface area contributed by atoms with Crippen LogP contribution in [0, 0.1) is 6.92 Å². The summed E-state index contributed by atoms with van der Waals surface area (Å²) in [6.07, 6.45) is 2.01. The van der Waals surface area contributed by atoms with E-state index < -0.39 is 0 Å². The van der Waals surface area contributed by atoms with Crippen LogP contribution >= 0.6 is 22.9 Å². The van der Waals surface area contributed by atoms with Gasteiger partial charge in [-0.3, -0.25) is 4.40 Å². The molecule has 4 nitrogen and oxygen atoms in total. The Labute approximate surface area is 119 Å². The molecule has 0 aliphatic carbocycles. The lowest BCUT2D eigenvalue weighted by Gasteiger charge is -2.07. The van der Waals surface area contributed by atoms with Gasteiger partial charge in [0.2, 0.25) is 0 Å². The van der Waals surface area contributed by atoms with Crippen LogP contribution < -0.4 is 5.32 Å². The van der Waals surface area contributed by atoms with Crippen LogP contribution in [0.5, 0.6) is 5.75 Å². The van der Waals surface area contributed by atoms with Crippen LogP contribution in [0.15, 0.2) is 29.8 Å². The van der Waals surface area contributed by atoms with Crippen molar-refractivity contribution in [1.82, 2.24) is 9.38 Å². The summed E-state index contributed by atoms with van der Waals surface area (Å²) in [6, 6.07) is 5.08. The maximum atomic E-state index is 9.38. The van der Waals surface area contributed by atoms with Crippen molar-refractivity contribution in [1.29, 1.82) is 0 Å². The maximum Gasteiger partial charge on any atom is 0.194 e. The number of aromatic nitrogens is 2. The number of benzene rings is 1. The van der Waals surface area contributed by atoms with Crippen LogP contribution in [0.2, 0.25) is 5.02 Å². The lowest BCUT2D eigenvalue weighted by Crippen LogP contribution is -2.03. The average molecular weight is 294 g/mol. The standard InChI is InChI=1S/C13H12ClN3OS/c1-8-11(17-4-5-19-13(17)16-8)7-15-9-2-3-12(18)10(14)6-9/h2-6,15,18H,7H2,1H3. The lowest BCUT2D eigenvalue weighted by molar-refractivity contribution is 0.475. The van der Waals surface area contributed by atoms with Gasteiger partial charge in [-0.15, -0.1) is 11.3 Å². The highest BCUT2D eigenvalue weighted by Gasteiger charge is 2.09. The van der Waals surface area contributed by atoms with Gasteiger partial charge < -0.3 is 10.4 Å². The molecule has 0 unspecified atom stereocenters. The zero-order valence-electron chi connectivity index (χ0n) is 10.2. The van der Waals surface area contributed by atoms with E-state index >= 15 is 0 Å². The highest BCUT2D eigenvalue weighted by atomic mass is 35.5. The highest BCUT2D eigenvalue weighted by Crippen LogP contribution is 2.26. The smallest absolute Gasteiger partial charge is 0.194 e. The number of aryl methyl sites for hydroxylation is 1. The molecule has 3 rings (SSSR count). The van der Waals surface area contributed by atoms with Gasteiger partial charge in [0.25, 0.3) is 0 Å². The predicted molar refractivity (Wildman–Crippen MR) is 78.2 cm³/mol. The monoisotopic (exact) mass is 293 g/mol. The van der Waals surface area contributed by atoms with Crippen LogP contribution in [-0.4, -0.2) is 14.5 Å². The fraction of sp³-hybridized carbons (Fsp3) is 0.154. The number of aromatic hydroxyl groups is 1. The fourth-order valence-corrected chi connectivity index (χ4v) is 2.92. The number of nitrogens with one attached hydrogen (secondary N) is 1. The summed E-state index contributed by atoms with van der Waals surface area (Å²) < 4.78 is 2.08. The molecule has 0 bridgehead atoms. The molecule has 2 heterocycles. The predicted octanol–water partition coefficient (Wildman–Crippen LogP) is 3.68. The number of halogens is 1. The van der Waals surface area contributed by atoms with Gasteiger partial charge in [-0.25, -0.2) is 4.98 Å². The SMILES string of the molecule is Cc1nc2sccn2c1CNc1ccc(O)c(Cl)c1. The van der Waals surface area contributed by atoms with Crippen LogP contribution in [0.1, 0.15) is 11.4 Å². The second-order valence-corrected chi connectivity index (χ2v) is 5.50. The largest absolute Gasteiger partial charge is 0.506 e. The molecule has 0 atom stereocenters. The van der Waals surface area contributed by atoms with Crippen LogP contribution in [0.25, 0.3) is 4.96 Å². The van der Waals surface area contributed by atoms with E-state index in [4.69, 9.17) is 11.6 Å². The molecule has 6 heteroatoms. The van der Waals surface area contributed by atoms with Gasteiger partial charge in [-0.1, -0.05) is 11.6 Å². The number of phenols is 1. The summed E-state index contributed by atoms with van der Waals surface area (Å²) >= 11 is 7.50. The van der Waals surface area contributed by atoms with Crippen molar-refractivity contribution >= 4 is 33.6 Å². The van der Waals surface area contributed by atoms with Gasteiger partial charge in [-0.2, -0.15) is 0 Å². The molecule has 0 spiro atoms. The Kier molecular flexibility index (Phi) is 3.08. The minimum atomic E-state index is 0.0907. The summed E-state index contributed by atoms with van der Waals surface area (Å²) in [6.45, 7) is 2.66. The molecule has 1 aromatic carbocycles. The van der Waals surface area contributed by atoms with E-state index in [-0.39, 0.29) is 5.75 Å². The second kappa shape index (κ2) is 4.75. The van der Waals surface area contributed by atoms with Gasteiger partial charge in [-0.05, 0) is 25.1 Å². The molecule has 98 valence electrons. The number of fused-ring (bicyclic) bond motifs is 1. The maximum absolute atomic E-state index is 9.38. The number of anilines is 1. The van der Waals surface area contributed by atoms with Gasteiger partial charge in [0.15, 0.2) is 4.96 Å². The van der Waals surface area contributed by atoms with Crippen molar-refractivity contribution in [3.05, 3.63) is 46.2 Å². The van der Waals surface area contributed by atoms with Crippen LogP contribution in [-0.2, 0) is 6.54 Å². The van der Waals surface area contributed by atoms with E-state index in [9.17, 15) is 5.11 Å². The third kappa shape index (κ3) is 2.27. The minimum absolute atomic E-state index is 0.0907. The quantitative estimate of drug-likeness (QED) is 0.724. The van der Waals surface area contributed by atoms with E-state index in [1.54, 1.807) is 29.5 Å². The number of hydrogen-bond donors (Lipinski definition) is 2.